The van der Waals surface area contributed by atoms with Gasteiger partial charge in [-0.25, -0.2) is 4.79 Å². The van der Waals surface area contributed by atoms with Crippen LogP contribution in [-0.4, -0.2) is 53.9 Å². The number of aromatic hydroxyl groups is 1. The van der Waals surface area contributed by atoms with E-state index < -0.39 is 12.1 Å². The maximum Gasteiger partial charge on any atom is 0.319 e. The van der Waals surface area contributed by atoms with Crippen LogP contribution in [0.15, 0.2) is 29.5 Å². The molecule has 0 aliphatic carbocycles. The number of benzene rings is 1. The number of carbonyl (C=O) groups is 2. The smallest absolute Gasteiger partial charge is 0.319 e. The quantitative estimate of drug-likeness (QED) is 0.616. The Morgan fingerprint density at radius 3 is 2.87 bits per heavy atom. The van der Waals surface area contributed by atoms with Gasteiger partial charge in [0, 0.05) is 6.54 Å². The number of β-amino-alcohol motifs (C(OH)–C–C–N with tert-alkyl or cyclic N) is 1. The third kappa shape index (κ3) is 2.57. The summed E-state index contributed by atoms with van der Waals surface area (Å²) in [6.45, 7) is 0.312. The van der Waals surface area contributed by atoms with E-state index in [1.807, 2.05) is 0 Å². The molecule has 0 radical (unpaired) electrons. The van der Waals surface area contributed by atoms with Crippen LogP contribution in [0.3, 0.4) is 0 Å². The van der Waals surface area contributed by atoms with Crippen molar-refractivity contribution in [2.24, 2.45) is 0 Å². The number of phenols is 1. The molecule has 2 aliphatic rings. The molecule has 4 N–H and O–H groups in total. The topological polar surface area (TPSA) is 111 Å². The zero-order valence-corrected chi connectivity index (χ0v) is 12.5. The first-order chi connectivity index (χ1) is 11.0. The Balaban J connectivity index is 1.99. The Kier molecular flexibility index (Phi) is 3.83. The van der Waals surface area contributed by atoms with Crippen molar-refractivity contribution in [2.45, 2.75) is 6.04 Å². The molecule has 1 aromatic rings. The molecule has 8 nitrogen and oxygen atoms in total. The van der Waals surface area contributed by atoms with E-state index in [0.29, 0.717) is 16.8 Å². The van der Waals surface area contributed by atoms with Crippen molar-refractivity contribution in [3.63, 3.8) is 0 Å². The van der Waals surface area contributed by atoms with Crippen LogP contribution >= 0.6 is 0 Å². The fourth-order valence-electron chi connectivity index (χ4n) is 2.85. The molecule has 2 aliphatic heterocycles. The highest BCUT2D eigenvalue weighted by atomic mass is 16.5. The van der Waals surface area contributed by atoms with Gasteiger partial charge in [0.25, 0.3) is 5.91 Å². The lowest BCUT2D eigenvalue weighted by Gasteiger charge is -2.26. The molecule has 2 heterocycles. The van der Waals surface area contributed by atoms with Crippen molar-refractivity contribution in [1.82, 2.24) is 15.5 Å². The van der Waals surface area contributed by atoms with Crippen LogP contribution in [-0.2, 0) is 4.79 Å². The van der Waals surface area contributed by atoms with Gasteiger partial charge in [-0.1, -0.05) is 6.07 Å². The normalized spacial score (nSPS) is 20.3. The Hall–Kier alpha value is -2.74. The van der Waals surface area contributed by atoms with E-state index in [9.17, 15) is 14.7 Å². The number of aliphatic hydroxyl groups is 1. The second kappa shape index (κ2) is 5.81. The van der Waals surface area contributed by atoms with E-state index in [0.717, 1.165) is 0 Å². The van der Waals surface area contributed by atoms with E-state index in [1.165, 1.54) is 18.1 Å². The SMILES string of the molecule is COc1cc([C@H]2NC(=O)NC3=C2C(=O)N(CCO)C3)ccc1O. The second-order valence-corrected chi connectivity index (χ2v) is 5.31. The maximum absolute atomic E-state index is 12.5. The standard InChI is InChI=1S/C15H17N3O5/c1-23-11-6-8(2-3-10(11)20)13-12-9(16-15(22)17-13)7-18(4-5-19)14(12)21/h2-3,6,13,19-20H,4-5,7H2,1H3,(H2,16,17,22)/t13-/m1/s1. The molecule has 122 valence electrons. The summed E-state index contributed by atoms with van der Waals surface area (Å²) in [6.07, 6.45) is 0. The van der Waals surface area contributed by atoms with Gasteiger partial charge >= 0.3 is 6.03 Å². The van der Waals surface area contributed by atoms with Crippen molar-refractivity contribution in [1.29, 1.82) is 0 Å². The fourth-order valence-corrected chi connectivity index (χ4v) is 2.85. The van der Waals surface area contributed by atoms with E-state index in [2.05, 4.69) is 10.6 Å². The van der Waals surface area contributed by atoms with Crippen LogP contribution < -0.4 is 15.4 Å². The first-order valence-electron chi connectivity index (χ1n) is 7.12. The number of methoxy groups -OCH3 is 1. The van der Waals surface area contributed by atoms with E-state index in [4.69, 9.17) is 9.84 Å². The summed E-state index contributed by atoms with van der Waals surface area (Å²) < 4.78 is 5.08. The number of nitrogens with zero attached hydrogens (tertiary/aromatic N) is 1. The van der Waals surface area contributed by atoms with Crippen LogP contribution in [0.4, 0.5) is 4.79 Å². The number of nitrogens with one attached hydrogen (secondary N) is 2. The van der Waals surface area contributed by atoms with Crippen molar-refractivity contribution in [3.05, 3.63) is 35.0 Å². The number of urea groups is 1. The first-order valence-corrected chi connectivity index (χ1v) is 7.12. The number of carbonyl (C=O) groups excluding carboxylic acids is 2. The van der Waals surface area contributed by atoms with Gasteiger partial charge in [-0.3, -0.25) is 4.79 Å². The molecule has 0 unspecified atom stereocenters. The number of hydrogen-bond acceptors (Lipinski definition) is 5. The molecule has 0 aromatic heterocycles. The van der Waals surface area contributed by atoms with Crippen LogP contribution in [0.25, 0.3) is 0 Å². The molecule has 3 amide bonds. The number of hydrogen-bond donors (Lipinski definition) is 4. The van der Waals surface area contributed by atoms with Gasteiger partial charge in [0.1, 0.15) is 0 Å². The summed E-state index contributed by atoms with van der Waals surface area (Å²) in [4.78, 5) is 25.9. The Morgan fingerprint density at radius 2 is 2.17 bits per heavy atom. The van der Waals surface area contributed by atoms with Gasteiger partial charge in [0.15, 0.2) is 11.5 Å². The highest BCUT2D eigenvalue weighted by Crippen LogP contribution is 2.36. The van der Waals surface area contributed by atoms with Gasteiger partial charge in [-0.2, -0.15) is 0 Å². The average Bonchev–Trinajstić information content (AvgIpc) is 2.83. The molecule has 1 aromatic carbocycles. The Bertz CT molecular complexity index is 700. The second-order valence-electron chi connectivity index (χ2n) is 5.31. The van der Waals surface area contributed by atoms with Gasteiger partial charge in [0.05, 0.1) is 37.6 Å². The van der Waals surface area contributed by atoms with Gasteiger partial charge in [-0.15, -0.1) is 0 Å². The molecular formula is C15H17N3O5. The molecular weight excluding hydrogens is 302 g/mol. The molecule has 8 heteroatoms. The number of phenolic OH excluding ortho intramolecular Hbond substituents is 1. The van der Waals surface area contributed by atoms with Crippen LogP contribution in [0.1, 0.15) is 11.6 Å². The molecule has 0 fully saturated rings. The number of amides is 3. The summed E-state index contributed by atoms with van der Waals surface area (Å²) in [6, 6.07) is 3.62. The lowest BCUT2D eigenvalue weighted by molar-refractivity contribution is -0.126. The predicted molar refractivity (Wildman–Crippen MR) is 79.8 cm³/mol. The summed E-state index contributed by atoms with van der Waals surface area (Å²) in [5, 5.41) is 24.1. The van der Waals surface area contributed by atoms with Gasteiger partial charge < -0.3 is 30.5 Å². The molecule has 0 saturated heterocycles. The molecule has 0 bridgehead atoms. The molecule has 23 heavy (non-hydrogen) atoms. The zero-order chi connectivity index (χ0) is 16.6. The van der Waals surface area contributed by atoms with Crippen molar-refractivity contribution < 1.29 is 24.5 Å². The van der Waals surface area contributed by atoms with Crippen molar-refractivity contribution >= 4 is 11.9 Å². The predicted octanol–water partition coefficient (Wildman–Crippen LogP) is -0.157. The minimum absolute atomic E-state index is 0.0228. The summed E-state index contributed by atoms with van der Waals surface area (Å²) in [5.74, 6) is -0.000877. The minimum Gasteiger partial charge on any atom is -0.504 e. The minimum atomic E-state index is -0.635. The maximum atomic E-state index is 12.5. The number of ether oxygens (including phenoxy) is 1. The van der Waals surface area contributed by atoms with Crippen LogP contribution in [0.5, 0.6) is 11.5 Å². The summed E-state index contributed by atoms with van der Waals surface area (Å²) >= 11 is 0. The number of aliphatic hydroxyl groups excluding tert-OH is 1. The highest BCUT2D eigenvalue weighted by molar-refractivity contribution is 6.01. The highest BCUT2D eigenvalue weighted by Gasteiger charge is 2.40. The molecule has 0 spiro atoms. The van der Waals surface area contributed by atoms with Crippen molar-refractivity contribution in [2.75, 3.05) is 26.8 Å². The lowest BCUT2D eigenvalue weighted by atomic mass is 9.96. The van der Waals surface area contributed by atoms with Gasteiger partial charge in [0.2, 0.25) is 0 Å². The fraction of sp³-hybridized carbons (Fsp3) is 0.333. The van der Waals surface area contributed by atoms with Crippen molar-refractivity contribution in [3.8, 4) is 11.5 Å². The molecule has 3 rings (SSSR count). The van der Waals surface area contributed by atoms with E-state index in [-0.39, 0.29) is 37.1 Å². The zero-order valence-electron chi connectivity index (χ0n) is 12.5. The van der Waals surface area contributed by atoms with Gasteiger partial charge in [-0.05, 0) is 17.7 Å². The molecule has 1 atom stereocenters. The Morgan fingerprint density at radius 1 is 1.39 bits per heavy atom. The van der Waals surface area contributed by atoms with Crippen LogP contribution in [0, 0.1) is 0 Å². The van der Waals surface area contributed by atoms with E-state index in [1.54, 1.807) is 12.1 Å². The van der Waals surface area contributed by atoms with E-state index >= 15 is 0 Å². The number of rotatable bonds is 4. The summed E-state index contributed by atoms with van der Waals surface area (Å²) in [7, 11) is 1.42. The monoisotopic (exact) mass is 319 g/mol. The first kappa shape index (κ1) is 15.2. The third-order valence-corrected chi connectivity index (χ3v) is 3.93. The Labute approximate surface area is 132 Å². The van der Waals surface area contributed by atoms with Crippen LogP contribution in [0.2, 0.25) is 0 Å². The summed E-state index contributed by atoms with van der Waals surface area (Å²) in [5.41, 5.74) is 1.59. The third-order valence-electron chi connectivity index (χ3n) is 3.93. The average molecular weight is 319 g/mol. The lowest BCUT2D eigenvalue weighted by Crippen LogP contribution is -2.44. The largest absolute Gasteiger partial charge is 0.504 e. The molecule has 0 saturated carbocycles.